The number of hydrogen-bond acceptors (Lipinski definition) is 4. The van der Waals surface area contributed by atoms with Crippen molar-refractivity contribution in [2.75, 3.05) is 0 Å². The molecule has 0 heterocycles. The van der Waals surface area contributed by atoms with Crippen molar-refractivity contribution in [3.63, 3.8) is 0 Å². The average molecular weight is 456 g/mol. The Kier molecular flexibility index (Phi) is 7.07. The van der Waals surface area contributed by atoms with Gasteiger partial charge in [0.15, 0.2) is 0 Å². The molecule has 0 spiro atoms. The van der Waals surface area contributed by atoms with Gasteiger partial charge in [-0.05, 0) is 35.4 Å². The lowest BCUT2D eigenvalue weighted by molar-refractivity contribution is 0.139. The van der Waals surface area contributed by atoms with Crippen LogP contribution < -0.4 is 0 Å². The molecule has 0 N–H and O–H groups in total. The smallest absolute Gasteiger partial charge is 0.442 e. The Morgan fingerprint density at radius 2 is 1.04 bits per heavy atom. The molecule has 0 saturated heterocycles. The summed E-state index contributed by atoms with van der Waals surface area (Å²) in [5.41, 5.74) is 1.58. The van der Waals surface area contributed by atoms with Gasteiger partial charge in [0.05, 0.1) is 0 Å². The van der Waals surface area contributed by atoms with Crippen molar-refractivity contribution >= 4 is 44.0 Å². The zero-order valence-electron chi connectivity index (χ0n) is 12.3. The van der Waals surface area contributed by atoms with Gasteiger partial charge in [-0.15, -0.1) is 0 Å². The molecule has 0 bridgehead atoms. The van der Waals surface area contributed by atoms with E-state index in [0.717, 1.165) is 20.1 Å². The molecule has 0 radical (unpaired) electrons. The summed E-state index contributed by atoms with van der Waals surface area (Å²) in [6.45, 7) is 0.0815. The monoisotopic (exact) mass is 454 g/mol. The van der Waals surface area contributed by atoms with E-state index in [0.29, 0.717) is 0 Å². The van der Waals surface area contributed by atoms with Crippen molar-refractivity contribution in [1.29, 1.82) is 0 Å². The molecule has 0 saturated carbocycles. The van der Waals surface area contributed by atoms with Crippen molar-refractivity contribution < 1.29 is 19.1 Å². The van der Waals surface area contributed by atoms with Crippen molar-refractivity contribution in [2.24, 2.45) is 10.2 Å². The van der Waals surface area contributed by atoms with E-state index >= 15 is 0 Å². The Balaban J connectivity index is 1.73. The van der Waals surface area contributed by atoms with Crippen molar-refractivity contribution in [3.8, 4) is 0 Å². The molecule has 2 aromatic rings. The van der Waals surface area contributed by atoms with Crippen molar-refractivity contribution in [1.82, 2.24) is 0 Å². The molecule has 0 aliphatic carbocycles. The summed E-state index contributed by atoms with van der Waals surface area (Å²) >= 11 is 6.61. The van der Waals surface area contributed by atoms with E-state index in [1.807, 2.05) is 24.3 Å². The highest BCUT2D eigenvalue weighted by Crippen LogP contribution is 2.12. The molecule has 0 aromatic heterocycles. The third-order valence-electron chi connectivity index (χ3n) is 2.76. The van der Waals surface area contributed by atoms with Crippen molar-refractivity contribution in [3.05, 3.63) is 68.6 Å². The molecule has 2 aromatic carbocycles. The van der Waals surface area contributed by atoms with Crippen molar-refractivity contribution in [2.45, 2.75) is 13.2 Å². The van der Waals surface area contributed by atoms with Gasteiger partial charge in [0, 0.05) is 8.95 Å². The minimum atomic E-state index is -0.960. The number of azo groups is 1. The third kappa shape index (κ3) is 6.59. The zero-order valence-corrected chi connectivity index (χ0v) is 15.5. The van der Waals surface area contributed by atoms with Gasteiger partial charge >= 0.3 is 12.2 Å². The van der Waals surface area contributed by atoms with Crippen LogP contribution >= 0.6 is 31.9 Å². The maximum atomic E-state index is 11.4. The third-order valence-corrected chi connectivity index (χ3v) is 3.82. The normalized spacial score (nSPS) is 10.6. The predicted octanol–water partition coefficient (Wildman–Crippen LogP) is 5.64. The van der Waals surface area contributed by atoms with Crippen LogP contribution in [0.2, 0.25) is 0 Å². The van der Waals surface area contributed by atoms with Gasteiger partial charge in [-0.3, -0.25) is 0 Å². The first-order valence-corrected chi connectivity index (χ1v) is 8.35. The Morgan fingerprint density at radius 1 is 0.708 bits per heavy atom. The standard InChI is InChI=1S/C16H12Br2N2O4/c17-13-5-1-11(2-6-13)9-23-15(21)19-20-16(22)24-10-12-3-7-14(18)8-4-12/h1-8H,9-10H2/b20-19+. The SMILES string of the molecule is O=C(/N=N/C(=O)OCc1ccc(Br)cc1)OCc1ccc(Br)cc1. The molecular formula is C16H12Br2N2O4. The van der Waals surface area contributed by atoms with Gasteiger partial charge in [0.1, 0.15) is 13.2 Å². The number of benzene rings is 2. The number of ether oxygens (including phenoxy) is 2. The summed E-state index contributed by atoms with van der Waals surface area (Å²) in [6.07, 6.45) is -1.92. The largest absolute Gasteiger partial charge is 0.452 e. The highest BCUT2D eigenvalue weighted by Gasteiger charge is 2.05. The van der Waals surface area contributed by atoms with E-state index in [1.54, 1.807) is 24.3 Å². The quantitative estimate of drug-likeness (QED) is 0.559. The van der Waals surface area contributed by atoms with Crippen LogP contribution in [-0.2, 0) is 22.7 Å². The Bertz CT molecular complexity index is 667. The van der Waals surface area contributed by atoms with Crippen LogP contribution in [0.5, 0.6) is 0 Å². The molecular weight excluding hydrogens is 444 g/mol. The van der Waals surface area contributed by atoms with Crippen LogP contribution in [0.25, 0.3) is 0 Å². The summed E-state index contributed by atoms with van der Waals surface area (Å²) in [6, 6.07) is 14.5. The maximum Gasteiger partial charge on any atom is 0.452 e. The fourth-order valence-corrected chi connectivity index (χ4v) is 2.12. The molecule has 2 rings (SSSR count). The van der Waals surface area contributed by atoms with Gasteiger partial charge < -0.3 is 9.47 Å². The first-order valence-electron chi connectivity index (χ1n) is 6.77. The van der Waals surface area contributed by atoms with E-state index in [2.05, 4.69) is 42.1 Å². The number of amides is 2. The number of nitrogens with zero attached hydrogens (tertiary/aromatic N) is 2. The predicted molar refractivity (Wildman–Crippen MR) is 93.5 cm³/mol. The van der Waals surface area contributed by atoms with Gasteiger partial charge in [-0.1, -0.05) is 66.4 Å². The lowest BCUT2D eigenvalue weighted by Crippen LogP contribution is -2.02. The van der Waals surface area contributed by atoms with Gasteiger partial charge in [-0.2, -0.15) is 0 Å². The summed E-state index contributed by atoms with van der Waals surface area (Å²) in [4.78, 5) is 22.8. The summed E-state index contributed by atoms with van der Waals surface area (Å²) in [5, 5.41) is 6.31. The summed E-state index contributed by atoms with van der Waals surface area (Å²) in [5.74, 6) is 0. The molecule has 0 aliphatic heterocycles. The fraction of sp³-hybridized carbons (Fsp3) is 0.125. The van der Waals surface area contributed by atoms with E-state index in [1.165, 1.54) is 0 Å². The van der Waals surface area contributed by atoms with E-state index in [9.17, 15) is 9.59 Å². The first-order chi connectivity index (χ1) is 11.5. The molecule has 6 nitrogen and oxygen atoms in total. The molecule has 2 amide bonds. The lowest BCUT2D eigenvalue weighted by atomic mass is 10.2. The van der Waals surface area contributed by atoms with E-state index in [4.69, 9.17) is 9.47 Å². The second-order valence-corrected chi connectivity index (χ2v) is 6.39. The zero-order chi connectivity index (χ0) is 17.4. The molecule has 0 fully saturated rings. The minimum Gasteiger partial charge on any atom is -0.442 e. The minimum absolute atomic E-state index is 0.0407. The van der Waals surface area contributed by atoms with Crippen LogP contribution in [0, 0.1) is 0 Å². The van der Waals surface area contributed by atoms with Gasteiger partial charge in [-0.25, -0.2) is 9.59 Å². The molecule has 0 unspecified atom stereocenters. The van der Waals surface area contributed by atoms with Crippen LogP contribution in [0.1, 0.15) is 11.1 Å². The number of hydrogen-bond donors (Lipinski definition) is 0. The maximum absolute atomic E-state index is 11.4. The van der Waals surface area contributed by atoms with E-state index < -0.39 is 12.2 Å². The highest BCUT2D eigenvalue weighted by molar-refractivity contribution is 9.10. The van der Waals surface area contributed by atoms with Crippen LogP contribution in [-0.4, -0.2) is 12.2 Å². The molecule has 8 heteroatoms. The molecule has 24 heavy (non-hydrogen) atoms. The fourth-order valence-electron chi connectivity index (χ4n) is 1.59. The van der Waals surface area contributed by atoms with Crippen LogP contribution in [0.15, 0.2) is 67.7 Å². The van der Waals surface area contributed by atoms with Crippen LogP contribution in [0.3, 0.4) is 0 Å². The Morgan fingerprint density at radius 3 is 1.38 bits per heavy atom. The number of carbonyl (C=O) groups excluding carboxylic acids is 2. The van der Waals surface area contributed by atoms with E-state index in [-0.39, 0.29) is 13.2 Å². The second kappa shape index (κ2) is 9.29. The molecule has 0 atom stereocenters. The van der Waals surface area contributed by atoms with Crippen LogP contribution in [0.4, 0.5) is 9.59 Å². The first kappa shape index (κ1) is 18.3. The number of rotatable bonds is 4. The Hall–Kier alpha value is -2.06. The topological polar surface area (TPSA) is 77.3 Å². The molecule has 0 aliphatic rings. The Labute approximate surface area is 155 Å². The summed E-state index contributed by atoms with van der Waals surface area (Å²) < 4.78 is 11.6. The lowest BCUT2D eigenvalue weighted by Gasteiger charge is -2.02. The summed E-state index contributed by atoms with van der Waals surface area (Å²) in [7, 11) is 0. The second-order valence-electron chi connectivity index (χ2n) is 4.56. The number of carbonyl (C=O) groups is 2. The number of halogens is 2. The highest BCUT2D eigenvalue weighted by atomic mass is 79.9. The molecule has 124 valence electrons. The average Bonchev–Trinajstić information content (AvgIpc) is 2.59. The van der Waals surface area contributed by atoms with Gasteiger partial charge in [0.2, 0.25) is 0 Å². The van der Waals surface area contributed by atoms with Gasteiger partial charge in [0.25, 0.3) is 0 Å².